The van der Waals surface area contributed by atoms with E-state index in [1.807, 2.05) is 0 Å². The van der Waals surface area contributed by atoms with E-state index in [9.17, 15) is 19.7 Å². The number of carbonyl (C=O) groups is 2. The monoisotopic (exact) mass is 334 g/mol. The van der Waals surface area contributed by atoms with E-state index < -0.39 is 16.9 Å². The van der Waals surface area contributed by atoms with Crippen molar-refractivity contribution in [1.29, 1.82) is 0 Å². The van der Waals surface area contributed by atoms with Crippen molar-refractivity contribution in [3.8, 4) is 0 Å². The third-order valence-electron chi connectivity index (χ3n) is 3.81. The van der Waals surface area contributed by atoms with Crippen LogP contribution in [0.2, 0.25) is 0 Å². The highest BCUT2D eigenvalue weighted by atomic mass is 32.2. The number of non-ortho nitro benzene ring substituents is 1. The van der Waals surface area contributed by atoms with Gasteiger partial charge in [-0.3, -0.25) is 14.9 Å². The molecule has 8 heteroatoms. The average molecular weight is 334 g/mol. The van der Waals surface area contributed by atoms with E-state index in [4.69, 9.17) is 4.74 Å². The third kappa shape index (κ3) is 3.07. The average Bonchev–Trinajstić information content (AvgIpc) is 2.51. The van der Waals surface area contributed by atoms with E-state index in [2.05, 4.69) is 6.58 Å². The Morgan fingerprint density at radius 3 is 2.70 bits per heavy atom. The molecular weight excluding hydrogens is 320 g/mol. The summed E-state index contributed by atoms with van der Waals surface area (Å²) in [5.41, 5.74) is 0.633. The summed E-state index contributed by atoms with van der Waals surface area (Å²) in [6, 6.07) is 5.18. The van der Waals surface area contributed by atoms with Crippen LogP contribution in [0.1, 0.15) is 18.4 Å². The lowest BCUT2D eigenvalue weighted by atomic mass is 10.1. The molecule has 23 heavy (non-hydrogen) atoms. The molecule has 2 aliphatic rings. The van der Waals surface area contributed by atoms with Crippen LogP contribution in [0.4, 0.5) is 5.69 Å². The second kappa shape index (κ2) is 6.04. The number of nitro benzene ring substituents is 1. The van der Waals surface area contributed by atoms with E-state index >= 15 is 0 Å². The van der Waals surface area contributed by atoms with Gasteiger partial charge in [0.1, 0.15) is 12.6 Å². The van der Waals surface area contributed by atoms with Gasteiger partial charge in [-0.25, -0.2) is 4.79 Å². The van der Waals surface area contributed by atoms with Gasteiger partial charge in [-0.05, 0) is 22.6 Å². The first kappa shape index (κ1) is 15.5. The number of carbonyl (C=O) groups excluding carboxylic acids is 2. The minimum atomic E-state index is -0.618. The van der Waals surface area contributed by atoms with E-state index in [0.717, 1.165) is 4.91 Å². The minimum absolute atomic E-state index is 0.0133. The van der Waals surface area contributed by atoms with E-state index in [0.29, 0.717) is 18.4 Å². The van der Waals surface area contributed by atoms with Crippen LogP contribution in [0.3, 0.4) is 0 Å². The number of β-lactam (4-membered cyclic amide) rings is 1. The van der Waals surface area contributed by atoms with Crippen molar-refractivity contribution < 1.29 is 19.2 Å². The van der Waals surface area contributed by atoms with Crippen molar-refractivity contribution >= 4 is 29.3 Å². The number of nitrogens with zero attached hydrogens (tertiary/aromatic N) is 2. The number of rotatable bonds is 4. The Kier molecular flexibility index (Phi) is 4.08. The van der Waals surface area contributed by atoms with Crippen LogP contribution in [0.25, 0.3) is 0 Å². The largest absolute Gasteiger partial charge is 0.459 e. The lowest BCUT2D eigenvalue weighted by molar-refractivity contribution is -0.384. The number of amides is 1. The summed E-state index contributed by atoms with van der Waals surface area (Å²) < 4.78 is 5.26. The van der Waals surface area contributed by atoms with Gasteiger partial charge in [0.2, 0.25) is 5.91 Å². The zero-order valence-electron chi connectivity index (χ0n) is 12.1. The maximum Gasteiger partial charge on any atom is 0.329 e. The molecule has 1 aromatic rings. The Labute approximate surface area is 136 Å². The lowest BCUT2D eigenvalue weighted by Crippen LogP contribution is -2.60. The topological polar surface area (TPSA) is 89.8 Å². The van der Waals surface area contributed by atoms with Gasteiger partial charge in [-0.15, -0.1) is 11.8 Å². The molecule has 0 saturated carbocycles. The van der Waals surface area contributed by atoms with Gasteiger partial charge in [0.15, 0.2) is 0 Å². The number of esters is 1. The summed E-state index contributed by atoms with van der Waals surface area (Å²) in [4.78, 5) is 36.5. The molecule has 1 aromatic carbocycles. The van der Waals surface area contributed by atoms with Crippen molar-refractivity contribution in [1.82, 2.24) is 4.90 Å². The molecule has 0 aromatic heterocycles. The van der Waals surface area contributed by atoms with Crippen LogP contribution in [0.5, 0.6) is 0 Å². The Balaban J connectivity index is 1.61. The molecule has 0 bridgehead atoms. The zero-order valence-corrected chi connectivity index (χ0v) is 13.0. The van der Waals surface area contributed by atoms with Crippen molar-refractivity contribution in [3.63, 3.8) is 0 Å². The predicted molar refractivity (Wildman–Crippen MR) is 83.3 cm³/mol. The third-order valence-corrected chi connectivity index (χ3v) is 4.97. The van der Waals surface area contributed by atoms with Crippen LogP contribution >= 0.6 is 11.8 Å². The molecule has 120 valence electrons. The molecule has 0 radical (unpaired) electrons. The molecule has 1 amide bonds. The van der Waals surface area contributed by atoms with Gasteiger partial charge < -0.3 is 9.64 Å². The number of fused-ring (bicyclic) bond motifs is 1. The molecule has 2 saturated heterocycles. The van der Waals surface area contributed by atoms with Crippen molar-refractivity contribution in [2.45, 2.75) is 30.9 Å². The molecule has 2 atom stereocenters. The van der Waals surface area contributed by atoms with E-state index in [1.54, 1.807) is 17.0 Å². The van der Waals surface area contributed by atoms with Gasteiger partial charge in [0, 0.05) is 18.6 Å². The number of thioether (sulfide) groups is 1. The van der Waals surface area contributed by atoms with Crippen molar-refractivity contribution in [2.75, 3.05) is 0 Å². The highest BCUT2D eigenvalue weighted by Crippen LogP contribution is 2.43. The van der Waals surface area contributed by atoms with Crippen LogP contribution in [-0.4, -0.2) is 33.1 Å². The molecule has 0 spiro atoms. The SMILES string of the molecule is C=C1C[C@H](C(=O)OCc2ccc([N+](=O)[O-])cc2)N2C(=O)C[C@H]2S1. The fraction of sp³-hybridized carbons (Fsp3) is 0.333. The van der Waals surface area contributed by atoms with Gasteiger partial charge in [-0.2, -0.15) is 0 Å². The molecule has 2 fully saturated rings. The summed E-state index contributed by atoms with van der Waals surface area (Å²) in [5.74, 6) is -0.518. The molecule has 0 N–H and O–H groups in total. The maximum absolute atomic E-state index is 12.3. The molecule has 2 aliphatic heterocycles. The number of benzene rings is 1. The normalized spacial score (nSPS) is 23.0. The summed E-state index contributed by atoms with van der Waals surface area (Å²) in [6.07, 6.45) is 0.821. The number of hydrogen-bond donors (Lipinski definition) is 0. The van der Waals surface area contributed by atoms with Gasteiger partial charge in [-0.1, -0.05) is 6.58 Å². The van der Waals surface area contributed by atoms with E-state index in [1.165, 1.54) is 23.9 Å². The molecule has 7 nitrogen and oxygen atoms in total. The zero-order chi connectivity index (χ0) is 16.6. The number of nitro groups is 1. The van der Waals surface area contributed by atoms with Crippen LogP contribution in [0, 0.1) is 10.1 Å². The molecule has 0 aliphatic carbocycles. The smallest absolute Gasteiger partial charge is 0.329 e. The summed E-state index contributed by atoms with van der Waals surface area (Å²) in [7, 11) is 0. The molecule has 0 unspecified atom stereocenters. The summed E-state index contributed by atoms with van der Waals surface area (Å²) in [6.45, 7) is 3.90. The Morgan fingerprint density at radius 1 is 1.39 bits per heavy atom. The quantitative estimate of drug-likeness (QED) is 0.363. The summed E-state index contributed by atoms with van der Waals surface area (Å²) in [5, 5.41) is 10.6. The first-order valence-electron chi connectivity index (χ1n) is 7.01. The molecule has 3 rings (SSSR count). The van der Waals surface area contributed by atoms with Gasteiger partial charge in [0.25, 0.3) is 5.69 Å². The first-order valence-corrected chi connectivity index (χ1v) is 7.89. The number of ether oxygens (including phenoxy) is 1. The van der Waals surface area contributed by atoms with E-state index in [-0.39, 0.29) is 23.6 Å². The highest BCUT2D eigenvalue weighted by molar-refractivity contribution is 8.03. The standard InChI is InChI=1S/C15H14N2O5S/c1-9-6-12(16-13(18)7-14(16)23-9)15(19)22-8-10-2-4-11(5-3-10)17(20)21/h2-5,12,14H,1,6-8H2/t12-,14-/m1/s1. The van der Waals surface area contributed by atoms with Crippen molar-refractivity contribution in [3.05, 3.63) is 51.4 Å². The fourth-order valence-corrected chi connectivity index (χ4v) is 3.83. The minimum Gasteiger partial charge on any atom is -0.459 e. The first-order chi connectivity index (χ1) is 11.0. The Morgan fingerprint density at radius 2 is 2.09 bits per heavy atom. The maximum atomic E-state index is 12.3. The number of hydrogen-bond acceptors (Lipinski definition) is 6. The Hall–Kier alpha value is -2.35. The molecular formula is C15H14N2O5S. The Bertz CT molecular complexity index is 686. The highest BCUT2D eigenvalue weighted by Gasteiger charge is 2.48. The summed E-state index contributed by atoms with van der Waals surface area (Å²) >= 11 is 1.52. The predicted octanol–water partition coefficient (Wildman–Crippen LogP) is 2.22. The second-order valence-corrected chi connectivity index (χ2v) is 6.72. The molecule has 2 heterocycles. The van der Waals surface area contributed by atoms with Crippen LogP contribution < -0.4 is 0 Å². The second-order valence-electron chi connectivity index (χ2n) is 5.37. The van der Waals surface area contributed by atoms with Crippen LogP contribution in [0.15, 0.2) is 35.7 Å². The fourth-order valence-electron chi connectivity index (χ4n) is 2.59. The van der Waals surface area contributed by atoms with Gasteiger partial charge in [0.05, 0.1) is 16.7 Å². The van der Waals surface area contributed by atoms with Crippen molar-refractivity contribution in [2.24, 2.45) is 0 Å². The lowest BCUT2D eigenvalue weighted by Gasteiger charge is -2.47. The van der Waals surface area contributed by atoms with Crippen LogP contribution in [-0.2, 0) is 20.9 Å². The van der Waals surface area contributed by atoms with Gasteiger partial charge >= 0.3 is 5.97 Å².